The molecule has 8 heteroatoms. The largest absolute Gasteiger partial charge is 0.465 e. The lowest BCUT2D eigenvalue weighted by Gasteiger charge is -2.31. The predicted octanol–water partition coefficient (Wildman–Crippen LogP) is 2.30. The first-order valence-electron chi connectivity index (χ1n) is 9.39. The van der Waals surface area contributed by atoms with Crippen LogP contribution < -0.4 is 5.32 Å². The van der Waals surface area contributed by atoms with E-state index >= 15 is 0 Å². The Morgan fingerprint density at radius 1 is 1.32 bits per heavy atom. The maximum absolute atomic E-state index is 12.7. The summed E-state index contributed by atoms with van der Waals surface area (Å²) in [5, 5.41) is 3.01. The van der Waals surface area contributed by atoms with E-state index < -0.39 is 5.97 Å². The van der Waals surface area contributed by atoms with Crippen LogP contribution in [0.2, 0.25) is 0 Å². The van der Waals surface area contributed by atoms with Crippen molar-refractivity contribution < 1.29 is 23.5 Å². The molecule has 3 heterocycles. The van der Waals surface area contributed by atoms with Gasteiger partial charge in [0.1, 0.15) is 5.69 Å². The van der Waals surface area contributed by atoms with Crippen LogP contribution in [0.25, 0.3) is 0 Å². The number of aromatic amines is 1. The Morgan fingerprint density at radius 3 is 2.61 bits per heavy atom. The number of aromatic nitrogens is 1. The van der Waals surface area contributed by atoms with E-state index in [4.69, 9.17) is 9.15 Å². The van der Waals surface area contributed by atoms with Crippen molar-refractivity contribution in [1.29, 1.82) is 0 Å². The highest BCUT2D eigenvalue weighted by molar-refractivity contribution is 6.00. The van der Waals surface area contributed by atoms with Crippen LogP contribution >= 0.6 is 0 Å². The van der Waals surface area contributed by atoms with Gasteiger partial charge in [-0.2, -0.15) is 0 Å². The molecule has 2 N–H and O–H groups in total. The van der Waals surface area contributed by atoms with Gasteiger partial charge in [-0.15, -0.1) is 0 Å². The first kappa shape index (κ1) is 19.7. The summed E-state index contributed by atoms with van der Waals surface area (Å²) in [5.41, 5.74) is 2.08. The number of hydrogen-bond acceptors (Lipinski definition) is 5. The second-order valence-electron chi connectivity index (χ2n) is 6.84. The number of carbonyl (C=O) groups excluding carboxylic acids is 3. The number of H-pyrrole nitrogens is 1. The zero-order valence-corrected chi connectivity index (χ0v) is 16.3. The SMILES string of the molecule is CCc1[nH]c(C(=O)NC2CCN(C(=O)c3ccco3)CC2)c(C)c1C(=O)OC. The van der Waals surface area contributed by atoms with Crippen molar-refractivity contribution >= 4 is 17.8 Å². The number of aryl methyl sites for hydroxylation is 1. The number of methoxy groups -OCH3 is 1. The number of piperidine rings is 1. The Kier molecular flexibility index (Phi) is 5.87. The monoisotopic (exact) mass is 387 g/mol. The lowest BCUT2D eigenvalue weighted by Crippen LogP contribution is -2.46. The molecule has 2 amide bonds. The second kappa shape index (κ2) is 8.33. The molecule has 1 aliphatic heterocycles. The maximum Gasteiger partial charge on any atom is 0.339 e. The number of nitrogens with zero attached hydrogens (tertiary/aromatic N) is 1. The highest BCUT2D eigenvalue weighted by Crippen LogP contribution is 2.21. The van der Waals surface area contributed by atoms with Crippen LogP contribution in [0.3, 0.4) is 0 Å². The molecule has 0 spiro atoms. The number of furan rings is 1. The second-order valence-corrected chi connectivity index (χ2v) is 6.84. The number of amides is 2. The molecule has 0 aliphatic carbocycles. The van der Waals surface area contributed by atoms with E-state index in [1.807, 2.05) is 6.92 Å². The van der Waals surface area contributed by atoms with Gasteiger partial charge in [-0.25, -0.2) is 4.79 Å². The fourth-order valence-electron chi connectivity index (χ4n) is 3.57. The number of carbonyl (C=O) groups is 3. The van der Waals surface area contributed by atoms with E-state index in [-0.39, 0.29) is 17.9 Å². The van der Waals surface area contributed by atoms with Gasteiger partial charge in [0, 0.05) is 24.8 Å². The molecular formula is C20H25N3O5. The molecule has 0 atom stereocenters. The molecule has 2 aromatic heterocycles. The molecule has 1 aliphatic rings. The molecule has 3 rings (SSSR count). The number of nitrogens with one attached hydrogen (secondary N) is 2. The van der Waals surface area contributed by atoms with E-state index in [1.54, 1.807) is 24.0 Å². The minimum atomic E-state index is -0.450. The van der Waals surface area contributed by atoms with Gasteiger partial charge in [0.05, 0.1) is 18.9 Å². The van der Waals surface area contributed by atoms with Gasteiger partial charge in [0.2, 0.25) is 0 Å². The summed E-state index contributed by atoms with van der Waals surface area (Å²) in [4.78, 5) is 41.9. The molecule has 8 nitrogen and oxygen atoms in total. The first-order chi connectivity index (χ1) is 13.5. The summed E-state index contributed by atoms with van der Waals surface area (Å²) in [5.74, 6) is -0.509. The Balaban J connectivity index is 1.63. The average molecular weight is 387 g/mol. The minimum absolute atomic E-state index is 0.0393. The van der Waals surface area contributed by atoms with Gasteiger partial charge in [0.15, 0.2) is 5.76 Å². The van der Waals surface area contributed by atoms with Crippen molar-refractivity contribution in [1.82, 2.24) is 15.2 Å². The zero-order valence-electron chi connectivity index (χ0n) is 16.3. The maximum atomic E-state index is 12.7. The quantitative estimate of drug-likeness (QED) is 0.766. The predicted molar refractivity (Wildman–Crippen MR) is 101 cm³/mol. The molecule has 0 saturated carbocycles. The zero-order chi connectivity index (χ0) is 20.3. The molecule has 150 valence electrons. The van der Waals surface area contributed by atoms with Crippen molar-refractivity contribution in [2.45, 2.75) is 39.2 Å². The fraction of sp³-hybridized carbons (Fsp3) is 0.450. The third kappa shape index (κ3) is 3.81. The van der Waals surface area contributed by atoms with Crippen LogP contribution in [-0.4, -0.2) is 53.9 Å². The highest BCUT2D eigenvalue weighted by Gasteiger charge is 2.28. The van der Waals surface area contributed by atoms with Gasteiger partial charge < -0.3 is 24.4 Å². The Hall–Kier alpha value is -3.03. The van der Waals surface area contributed by atoms with Crippen LogP contribution in [0.4, 0.5) is 0 Å². The summed E-state index contributed by atoms with van der Waals surface area (Å²) >= 11 is 0. The minimum Gasteiger partial charge on any atom is -0.465 e. The molecule has 1 saturated heterocycles. The van der Waals surface area contributed by atoms with Crippen LogP contribution in [0.1, 0.15) is 62.4 Å². The molecular weight excluding hydrogens is 362 g/mol. The van der Waals surface area contributed by atoms with Gasteiger partial charge in [-0.1, -0.05) is 6.92 Å². The normalized spacial score (nSPS) is 14.8. The lowest BCUT2D eigenvalue weighted by atomic mass is 10.0. The van der Waals surface area contributed by atoms with Crippen molar-refractivity contribution in [3.63, 3.8) is 0 Å². The summed E-state index contributed by atoms with van der Waals surface area (Å²) < 4.78 is 9.99. The molecule has 0 unspecified atom stereocenters. The molecule has 28 heavy (non-hydrogen) atoms. The van der Waals surface area contributed by atoms with Crippen LogP contribution in [0.5, 0.6) is 0 Å². The summed E-state index contributed by atoms with van der Waals surface area (Å²) in [6.45, 7) is 4.73. The highest BCUT2D eigenvalue weighted by atomic mass is 16.5. The average Bonchev–Trinajstić information content (AvgIpc) is 3.35. The topological polar surface area (TPSA) is 105 Å². The van der Waals surface area contributed by atoms with Gasteiger partial charge >= 0.3 is 5.97 Å². The smallest absolute Gasteiger partial charge is 0.339 e. The first-order valence-corrected chi connectivity index (χ1v) is 9.39. The third-order valence-electron chi connectivity index (χ3n) is 5.15. The van der Waals surface area contributed by atoms with Crippen LogP contribution in [0.15, 0.2) is 22.8 Å². The van der Waals surface area contributed by atoms with Crippen molar-refractivity contribution in [2.24, 2.45) is 0 Å². The molecule has 0 aromatic carbocycles. The van der Waals surface area contributed by atoms with E-state index in [1.165, 1.54) is 13.4 Å². The molecule has 1 fully saturated rings. The van der Waals surface area contributed by atoms with E-state index in [2.05, 4.69) is 10.3 Å². The third-order valence-corrected chi connectivity index (χ3v) is 5.15. The summed E-state index contributed by atoms with van der Waals surface area (Å²) in [6.07, 6.45) is 3.38. The van der Waals surface area contributed by atoms with E-state index in [0.29, 0.717) is 60.6 Å². The Bertz CT molecular complexity index is 861. The molecule has 2 aromatic rings. The van der Waals surface area contributed by atoms with Crippen molar-refractivity contribution in [3.8, 4) is 0 Å². The van der Waals surface area contributed by atoms with Gasteiger partial charge in [0.25, 0.3) is 11.8 Å². The molecule has 0 bridgehead atoms. The van der Waals surface area contributed by atoms with E-state index in [9.17, 15) is 14.4 Å². The molecule has 0 radical (unpaired) electrons. The number of likely N-dealkylation sites (tertiary alicyclic amines) is 1. The number of ether oxygens (including phenoxy) is 1. The summed E-state index contributed by atoms with van der Waals surface area (Å²) in [6, 6.07) is 3.29. The van der Waals surface area contributed by atoms with Crippen molar-refractivity contribution in [3.05, 3.63) is 46.7 Å². The van der Waals surface area contributed by atoms with Crippen LogP contribution in [-0.2, 0) is 11.2 Å². The van der Waals surface area contributed by atoms with Crippen LogP contribution in [0, 0.1) is 6.92 Å². The van der Waals surface area contributed by atoms with Gasteiger partial charge in [-0.3, -0.25) is 9.59 Å². The van der Waals surface area contributed by atoms with Crippen molar-refractivity contribution in [2.75, 3.05) is 20.2 Å². The number of hydrogen-bond donors (Lipinski definition) is 2. The Labute approximate surface area is 163 Å². The summed E-state index contributed by atoms with van der Waals surface area (Å²) in [7, 11) is 1.33. The van der Waals surface area contributed by atoms with E-state index in [0.717, 1.165) is 0 Å². The number of rotatable bonds is 5. The fourth-order valence-corrected chi connectivity index (χ4v) is 3.57. The Morgan fingerprint density at radius 2 is 2.04 bits per heavy atom. The number of esters is 1. The van der Waals surface area contributed by atoms with Gasteiger partial charge in [-0.05, 0) is 43.9 Å². The standard InChI is InChI=1S/C20H25N3O5/c1-4-14-16(20(26)27-3)12(2)17(22-14)18(24)21-13-7-9-23(10-8-13)19(25)15-6-5-11-28-15/h5-6,11,13,22H,4,7-10H2,1-3H3,(H,21,24). The lowest BCUT2D eigenvalue weighted by molar-refractivity contribution is 0.0598.